The highest BCUT2D eigenvalue weighted by atomic mass is 17.3. The number of ether oxygens (including phenoxy) is 6. The van der Waals surface area contributed by atoms with E-state index in [4.69, 9.17) is 48.0 Å². The zero-order valence-electron chi connectivity index (χ0n) is 37.6. The van der Waals surface area contributed by atoms with Crippen LogP contribution in [0.1, 0.15) is 133 Å². The Kier molecular flexibility index (Phi) is 11.6. The molecule has 14 nitrogen and oxygen atoms in total. The summed E-state index contributed by atoms with van der Waals surface area (Å²) in [4.78, 5) is 50.9. The number of nitrogens with one attached hydrogen (secondary N) is 2. The SMILES string of the molecule is C[C@@H]1CCC2[C@@H](C)[C@@H](Oc3cccc(C(=O)NCCCCCNC(=O)c4cccc(O[C@H]5OC6O[C@]7(C)CCC8[C@H](C)CCC([C@H]5C)[C@@]68OO7)c4)c3)OC3O[C@]4(C)CCC1[C@]32OO4. The molecule has 10 fully saturated rings. The lowest BCUT2D eigenvalue weighted by Crippen LogP contribution is -2.70. The van der Waals surface area contributed by atoms with Gasteiger partial charge in [-0.1, -0.05) is 39.8 Å². The normalized spacial score (nSPS) is 43.4. The molecule has 2 N–H and O–H groups in total. The minimum atomic E-state index is -0.859. The van der Waals surface area contributed by atoms with E-state index in [9.17, 15) is 9.59 Å². The van der Waals surface area contributed by atoms with E-state index in [0.717, 1.165) is 70.6 Å². The molecule has 16 atom stereocenters. The second-order valence-corrected chi connectivity index (χ2v) is 20.4. The van der Waals surface area contributed by atoms with Gasteiger partial charge in [0.25, 0.3) is 11.8 Å². The molecular weight excluding hydrogens is 809 g/mol. The molecule has 0 radical (unpaired) electrons. The Morgan fingerprint density at radius 2 is 1.03 bits per heavy atom. The van der Waals surface area contributed by atoms with Gasteiger partial charge in [0.1, 0.15) is 11.5 Å². The quantitative estimate of drug-likeness (QED) is 0.156. The number of unbranched alkanes of at least 4 members (excludes halogenated alkanes) is 2. The van der Waals surface area contributed by atoms with Crippen LogP contribution in [0, 0.1) is 47.3 Å². The number of amides is 2. The standard InChI is InChI=1S/C49H66N2O12/c1-28-16-18-38-30(3)42(56-44-48(38)36(28)20-22-46(5,58-44)60-62-48)54-34-14-10-12-32(26-34)40(52)50-24-8-7-9-25-51-41(53)33-13-11-15-35(27-33)55-43-31(4)39-19-17-29(2)37-21-23-47(6)59-45(57-43)49(37,39)63-61-47/h10-15,26-31,36-39,42-45H,7-9,16-25H2,1-6H3,(H,50,52)(H,51,53)/t28-,29-,30-,31-,36?,37?,38?,39?,42+,43+,44?,45?,46+,47+,48-,49-/m1/s1. The third kappa shape index (κ3) is 7.67. The lowest BCUT2D eigenvalue weighted by Gasteiger charge is -2.60. The van der Waals surface area contributed by atoms with Crippen LogP contribution in [0.2, 0.25) is 0 Å². The van der Waals surface area contributed by atoms with Gasteiger partial charge in [0.05, 0.1) is 0 Å². The van der Waals surface area contributed by atoms with Crippen LogP contribution < -0.4 is 20.1 Å². The molecule has 6 unspecified atom stereocenters. The van der Waals surface area contributed by atoms with Gasteiger partial charge >= 0.3 is 0 Å². The van der Waals surface area contributed by atoms with E-state index < -0.39 is 47.9 Å². The van der Waals surface area contributed by atoms with Gasteiger partial charge in [-0.05, 0) is 132 Å². The Hall–Kier alpha value is -3.34. The number of hydrogen-bond donors (Lipinski definition) is 2. The predicted molar refractivity (Wildman–Crippen MR) is 226 cm³/mol. The topological polar surface area (TPSA) is 150 Å². The van der Waals surface area contributed by atoms with Crippen LogP contribution in [0.25, 0.3) is 0 Å². The number of hydrogen-bond acceptors (Lipinski definition) is 12. The zero-order valence-corrected chi connectivity index (χ0v) is 37.6. The van der Waals surface area contributed by atoms with Crippen molar-refractivity contribution in [2.24, 2.45) is 47.3 Å². The van der Waals surface area contributed by atoms with Gasteiger partial charge in [0.2, 0.25) is 24.2 Å². The van der Waals surface area contributed by atoms with Gasteiger partial charge in [-0.15, -0.1) is 0 Å². The van der Waals surface area contributed by atoms with Crippen molar-refractivity contribution in [3.05, 3.63) is 59.7 Å². The van der Waals surface area contributed by atoms with Crippen molar-refractivity contribution < 1.29 is 57.6 Å². The van der Waals surface area contributed by atoms with Crippen molar-refractivity contribution in [3.8, 4) is 11.5 Å². The Morgan fingerprint density at radius 1 is 0.587 bits per heavy atom. The second-order valence-electron chi connectivity index (χ2n) is 20.4. The van der Waals surface area contributed by atoms with Gasteiger partial charge in [0.15, 0.2) is 23.8 Å². The van der Waals surface area contributed by atoms with E-state index in [1.807, 2.05) is 38.1 Å². The smallest absolute Gasteiger partial charge is 0.251 e. The molecule has 8 heterocycles. The van der Waals surface area contributed by atoms with Gasteiger partial charge in [-0.2, -0.15) is 0 Å². The molecular formula is C49H66N2O12. The average molecular weight is 875 g/mol. The molecule has 4 bridgehead atoms. The molecule has 14 heteroatoms. The van der Waals surface area contributed by atoms with Crippen LogP contribution in [0.5, 0.6) is 11.5 Å². The second kappa shape index (κ2) is 16.8. The highest BCUT2D eigenvalue weighted by molar-refractivity contribution is 5.95. The van der Waals surface area contributed by atoms with E-state index in [-0.39, 0.29) is 47.3 Å². The number of carbonyl (C=O) groups excluding carboxylic acids is 2. The maximum absolute atomic E-state index is 13.2. The lowest BCUT2D eigenvalue weighted by molar-refractivity contribution is -0.575. The number of carbonyl (C=O) groups is 2. The summed E-state index contributed by atoms with van der Waals surface area (Å²) in [6.45, 7) is 13.8. The Labute approximate surface area is 370 Å². The zero-order chi connectivity index (χ0) is 43.7. The summed E-state index contributed by atoms with van der Waals surface area (Å²) in [6.07, 6.45) is 7.63. The van der Waals surface area contributed by atoms with E-state index >= 15 is 0 Å². The predicted octanol–water partition coefficient (Wildman–Crippen LogP) is 8.19. The molecule has 2 aliphatic carbocycles. The fourth-order valence-corrected chi connectivity index (χ4v) is 12.7. The van der Waals surface area contributed by atoms with Crippen LogP contribution in [0.15, 0.2) is 48.5 Å². The largest absolute Gasteiger partial charge is 0.465 e. The number of benzene rings is 2. The van der Waals surface area contributed by atoms with E-state index in [2.05, 4.69) is 38.3 Å². The molecule has 8 aliphatic heterocycles. The van der Waals surface area contributed by atoms with Gasteiger partial charge in [-0.3, -0.25) is 9.59 Å². The van der Waals surface area contributed by atoms with Crippen molar-refractivity contribution in [1.82, 2.24) is 10.6 Å². The van der Waals surface area contributed by atoms with E-state index in [0.29, 0.717) is 47.6 Å². The first kappa shape index (κ1) is 43.5. The van der Waals surface area contributed by atoms with Gasteiger partial charge in [-0.25, -0.2) is 19.6 Å². The summed E-state index contributed by atoms with van der Waals surface area (Å²) in [5, 5.41) is 6.08. The molecule has 2 aromatic carbocycles. The monoisotopic (exact) mass is 874 g/mol. The molecule has 344 valence electrons. The highest BCUT2D eigenvalue weighted by Crippen LogP contribution is 2.62. The third-order valence-corrected chi connectivity index (χ3v) is 16.3. The average Bonchev–Trinajstić information content (AvgIpc) is 3.65. The molecule has 2 saturated carbocycles. The third-order valence-electron chi connectivity index (χ3n) is 16.3. The highest BCUT2D eigenvalue weighted by Gasteiger charge is 2.71. The molecule has 2 amide bonds. The van der Waals surface area contributed by atoms with E-state index in [1.54, 1.807) is 24.3 Å². The van der Waals surface area contributed by atoms with Crippen molar-refractivity contribution in [3.63, 3.8) is 0 Å². The summed E-state index contributed by atoms with van der Waals surface area (Å²) in [6, 6.07) is 14.5. The summed E-state index contributed by atoms with van der Waals surface area (Å²) in [7, 11) is 0. The lowest BCUT2D eigenvalue weighted by atomic mass is 9.58. The molecule has 0 aromatic heterocycles. The van der Waals surface area contributed by atoms with Crippen LogP contribution in [0.4, 0.5) is 0 Å². The molecule has 63 heavy (non-hydrogen) atoms. The number of rotatable bonds is 12. The first-order valence-corrected chi connectivity index (χ1v) is 23.8. The summed E-state index contributed by atoms with van der Waals surface area (Å²) in [5.41, 5.74) is -0.294. The Bertz CT molecular complexity index is 1880. The minimum absolute atomic E-state index is 0.0124. The Morgan fingerprint density at radius 3 is 1.48 bits per heavy atom. The van der Waals surface area contributed by atoms with Crippen molar-refractivity contribution >= 4 is 11.8 Å². The van der Waals surface area contributed by atoms with Crippen LogP contribution >= 0.6 is 0 Å². The van der Waals surface area contributed by atoms with Crippen LogP contribution in [-0.2, 0) is 38.5 Å². The van der Waals surface area contributed by atoms with Gasteiger partial charge in [0, 0.05) is 60.7 Å². The summed E-state index contributed by atoms with van der Waals surface area (Å²) < 4.78 is 39.1. The fraction of sp³-hybridized carbons (Fsp3) is 0.714. The molecule has 2 spiro atoms. The minimum Gasteiger partial charge on any atom is -0.465 e. The first-order chi connectivity index (χ1) is 30.3. The van der Waals surface area contributed by atoms with Crippen molar-refractivity contribution in [2.75, 3.05) is 13.1 Å². The van der Waals surface area contributed by atoms with E-state index in [1.165, 1.54) is 0 Å². The molecule has 8 saturated heterocycles. The maximum atomic E-state index is 13.2. The van der Waals surface area contributed by atoms with Crippen molar-refractivity contribution in [2.45, 2.75) is 160 Å². The van der Waals surface area contributed by atoms with Gasteiger partial charge < -0.3 is 39.1 Å². The van der Waals surface area contributed by atoms with Crippen LogP contribution in [-0.4, -0.2) is 72.8 Å². The molecule has 10 aliphatic rings. The number of fused-ring (bicyclic) bond motifs is 4. The summed E-state index contributed by atoms with van der Waals surface area (Å²) >= 11 is 0. The molecule has 2 aromatic rings. The van der Waals surface area contributed by atoms with Crippen LogP contribution in [0.3, 0.4) is 0 Å². The molecule has 12 rings (SSSR count). The maximum Gasteiger partial charge on any atom is 0.251 e. The fourth-order valence-electron chi connectivity index (χ4n) is 12.7. The summed E-state index contributed by atoms with van der Waals surface area (Å²) in [5.74, 6) is 0.882. The Balaban J connectivity index is 0.672. The van der Waals surface area contributed by atoms with Crippen molar-refractivity contribution in [1.29, 1.82) is 0 Å². The first-order valence-electron chi connectivity index (χ1n) is 23.8.